The molecule has 0 aliphatic carbocycles. The highest BCUT2D eigenvalue weighted by atomic mass is 16.5. The summed E-state index contributed by atoms with van der Waals surface area (Å²) in [4.78, 5) is 25.8. The maximum Gasteiger partial charge on any atom is 0.408 e. The van der Waals surface area contributed by atoms with Gasteiger partial charge in [0.1, 0.15) is 12.6 Å². The molecule has 3 aromatic rings. The number of alkyl carbamates (subject to hydrolysis) is 1. The quantitative estimate of drug-likeness (QED) is 0.339. The second-order valence-corrected chi connectivity index (χ2v) is 9.03. The van der Waals surface area contributed by atoms with E-state index in [2.05, 4.69) is 16.0 Å². The molecule has 0 spiro atoms. The molecule has 0 bridgehead atoms. The van der Waals surface area contributed by atoms with Crippen molar-refractivity contribution in [1.29, 1.82) is 0 Å². The van der Waals surface area contributed by atoms with E-state index in [1.807, 2.05) is 105 Å². The molecule has 0 radical (unpaired) electrons. The first-order valence-electron chi connectivity index (χ1n) is 12.1. The average Bonchev–Trinajstić information content (AvgIpc) is 2.87. The van der Waals surface area contributed by atoms with Crippen LogP contribution in [0.2, 0.25) is 0 Å². The van der Waals surface area contributed by atoms with Crippen LogP contribution in [0.4, 0.5) is 10.5 Å². The monoisotopic (exact) mass is 473 g/mol. The molecule has 184 valence electrons. The Hall–Kier alpha value is -3.80. The van der Waals surface area contributed by atoms with Gasteiger partial charge < -0.3 is 20.7 Å². The zero-order chi connectivity index (χ0) is 24.9. The van der Waals surface area contributed by atoms with E-state index in [0.29, 0.717) is 19.4 Å². The molecule has 3 N–H and O–H groups in total. The topological polar surface area (TPSA) is 79.5 Å². The number of hydrogen-bond donors (Lipinski definition) is 3. The van der Waals surface area contributed by atoms with Gasteiger partial charge in [-0.15, -0.1) is 0 Å². The first-order valence-corrected chi connectivity index (χ1v) is 12.1. The van der Waals surface area contributed by atoms with Gasteiger partial charge in [0.15, 0.2) is 0 Å². The zero-order valence-corrected chi connectivity index (χ0v) is 20.4. The van der Waals surface area contributed by atoms with Crippen LogP contribution in [-0.2, 0) is 22.6 Å². The van der Waals surface area contributed by atoms with Crippen molar-refractivity contribution in [2.75, 3.05) is 11.9 Å². The Labute approximate surface area is 208 Å². The lowest BCUT2D eigenvalue weighted by molar-refractivity contribution is -0.124. The molecule has 35 heavy (non-hydrogen) atoms. The third-order valence-corrected chi connectivity index (χ3v) is 5.53. The predicted octanol–water partition coefficient (Wildman–Crippen LogP) is 5.17. The maximum atomic E-state index is 13.3. The summed E-state index contributed by atoms with van der Waals surface area (Å²) in [6.07, 6.45) is 0.576. The van der Waals surface area contributed by atoms with Gasteiger partial charge in [-0.3, -0.25) is 4.79 Å². The smallest absolute Gasteiger partial charge is 0.408 e. The van der Waals surface area contributed by atoms with Crippen molar-refractivity contribution in [1.82, 2.24) is 10.6 Å². The summed E-state index contributed by atoms with van der Waals surface area (Å²) in [6.45, 7) is 4.75. The van der Waals surface area contributed by atoms with Gasteiger partial charge in [-0.05, 0) is 42.0 Å². The van der Waals surface area contributed by atoms with Gasteiger partial charge in [-0.1, -0.05) is 92.7 Å². The predicted molar refractivity (Wildman–Crippen MR) is 140 cm³/mol. The summed E-state index contributed by atoms with van der Waals surface area (Å²) >= 11 is 0. The normalized spacial score (nSPS) is 12.4. The minimum atomic E-state index is -0.687. The minimum absolute atomic E-state index is 0.153. The largest absolute Gasteiger partial charge is 0.445 e. The van der Waals surface area contributed by atoms with Crippen molar-refractivity contribution in [2.45, 2.75) is 45.4 Å². The number of ether oxygens (including phenoxy) is 1. The Balaban J connectivity index is 1.63. The van der Waals surface area contributed by atoms with E-state index in [9.17, 15) is 9.59 Å². The lowest BCUT2D eigenvalue weighted by Gasteiger charge is -2.25. The molecule has 0 fully saturated rings. The summed E-state index contributed by atoms with van der Waals surface area (Å²) in [5.41, 5.74) is 3.01. The van der Waals surface area contributed by atoms with Crippen LogP contribution in [0, 0.1) is 5.92 Å². The molecule has 0 heterocycles. The number of nitrogens with one attached hydrogen (secondary N) is 3. The SMILES string of the molecule is CC(C)C[C@H](NC(=O)OCc1ccccc1)C(=O)N[C@H](CNc1ccccc1)Cc1ccccc1. The van der Waals surface area contributed by atoms with E-state index in [4.69, 9.17) is 4.74 Å². The molecule has 0 aromatic heterocycles. The van der Waals surface area contributed by atoms with Gasteiger partial charge >= 0.3 is 6.09 Å². The van der Waals surface area contributed by atoms with E-state index in [0.717, 1.165) is 16.8 Å². The van der Waals surface area contributed by atoms with E-state index >= 15 is 0 Å². The molecule has 6 nitrogen and oxygen atoms in total. The molecule has 3 aromatic carbocycles. The van der Waals surface area contributed by atoms with Crippen LogP contribution < -0.4 is 16.0 Å². The van der Waals surface area contributed by atoms with Crippen molar-refractivity contribution in [3.63, 3.8) is 0 Å². The van der Waals surface area contributed by atoms with Crippen LogP contribution in [0.15, 0.2) is 91.0 Å². The zero-order valence-electron chi connectivity index (χ0n) is 20.4. The van der Waals surface area contributed by atoms with Gasteiger partial charge in [0.05, 0.1) is 6.04 Å². The molecular weight excluding hydrogens is 438 g/mol. The third kappa shape index (κ3) is 9.53. The first kappa shape index (κ1) is 25.8. The van der Waals surface area contributed by atoms with E-state index in [1.165, 1.54) is 0 Å². The lowest BCUT2D eigenvalue weighted by Crippen LogP contribution is -2.52. The molecule has 2 atom stereocenters. The minimum Gasteiger partial charge on any atom is -0.445 e. The number of benzene rings is 3. The van der Waals surface area contributed by atoms with Crippen LogP contribution >= 0.6 is 0 Å². The summed E-state index contributed by atoms with van der Waals surface area (Å²) in [5, 5.41) is 9.32. The molecule has 0 aliphatic heterocycles. The molecule has 2 amide bonds. The Morgan fingerprint density at radius 2 is 1.34 bits per heavy atom. The van der Waals surface area contributed by atoms with E-state index in [1.54, 1.807) is 0 Å². The molecular formula is C29H35N3O3. The Morgan fingerprint density at radius 1 is 0.771 bits per heavy atom. The summed E-state index contributed by atoms with van der Waals surface area (Å²) < 4.78 is 5.35. The number of anilines is 1. The summed E-state index contributed by atoms with van der Waals surface area (Å²) in [7, 11) is 0. The van der Waals surface area contributed by atoms with E-state index in [-0.39, 0.29) is 24.5 Å². The van der Waals surface area contributed by atoms with Crippen molar-refractivity contribution < 1.29 is 14.3 Å². The molecule has 0 unspecified atom stereocenters. The fourth-order valence-electron chi connectivity index (χ4n) is 3.78. The molecule has 6 heteroatoms. The Bertz CT molecular complexity index is 1030. The van der Waals surface area contributed by atoms with E-state index < -0.39 is 12.1 Å². The Morgan fingerprint density at radius 3 is 1.94 bits per heavy atom. The van der Waals surface area contributed by atoms with Crippen molar-refractivity contribution in [3.05, 3.63) is 102 Å². The molecule has 0 saturated carbocycles. The Kier molecular flexibility index (Phi) is 10.2. The standard InChI is InChI=1S/C29H35N3O3/c1-22(2)18-27(32-29(34)35-21-24-14-8-4-9-15-24)28(33)31-26(19-23-12-6-3-7-13-23)20-30-25-16-10-5-11-17-25/h3-17,22,26-27,30H,18-21H2,1-2H3,(H,31,33)(H,32,34)/t26-,27-/m0/s1. The van der Waals surface area contributed by atoms with Gasteiger partial charge in [0.25, 0.3) is 0 Å². The fourth-order valence-corrected chi connectivity index (χ4v) is 3.78. The van der Waals surface area contributed by atoms with Crippen LogP contribution in [0.5, 0.6) is 0 Å². The first-order chi connectivity index (χ1) is 17.0. The van der Waals surface area contributed by atoms with Gasteiger partial charge in [0, 0.05) is 12.2 Å². The highest BCUT2D eigenvalue weighted by Gasteiger charge is 2.25. The van der Waals surface area contributed by atoms with Crippen molar-refractivity contribution >= 4 is 17.7 Å². The maximum absolute atomic E-state index is 13.3. The van der Waals surface area contributed by atoms with Gasteiger partial charge in [0.2, 0.25) is 5.91 Å². The number of hydrogen-bond acceptors (Lipinski definition) is 4. The van der Waals surface area contributed by atoms with Crippen molar-refractivity contribution in [2.24, 2.45) is 5.92 Å². The number of carbonyl (C=O) groups excluding carboxylic acids is 2. The highest BCUT2D eigenvalue weighted by molar-refractivity contribution is 5.85. The average molecular weight is 474 g/mol. The fraction of sp³-hybridized carbons (Fsp3) is 0.310. The summed E-state index contributed by atoms with van der Waals surface area (Å²) in [5.74, 6) is 0.00124. The second-order valence-electron chi connectivity index (χ2n) is 9.03. The van der Waals surface area contributed by atoms with Gasteiger partial charge in [-0.2, -0.15) is 0 Å². The molecule has 0 aliphatic rings. The number of carbonyl (C=O) groups is 2. The molecule has 0 saturated heterocycles. The van der Waals surface area contributed by atoms with Gasteiger partial charge in [-0.25, -0.2) is 4.79 Å². The molecule has 3 rings (SSSR count). The van der Waals surface area contributed by atoms with Crippen LogP contribution in [0.25, 0.3) is 0 Å². The van der Waals surface area contributed by atoms with Crippen LogP contribution in [0.3, 0.4) is 0 Å². The number of rotatable bonds is 12. The number of amides is 2. The van der Waals surface area contributed by atoms with Crippen LogP contribution in [0.1, 0.15) is 31.4 Å². The summed E-state index contributed by atoms with van der Waals surface area (Å²) in [6, 6.07) is 28.6. The van der Waals surface area contributed by atoms with Crippen LogP contribution in [-0.4, -0.2) is 30.6 Å². The lowest BCUT2D eigenvalue weighted by atomic mass is 10.0. The second kappa shape index (κ2) is 13.8. The highest BCUT2D eigenvalue weighted by Crippen LogP contribution is 2.10. The third-order valence-electron chi connectivity index (χ3n) is 5.53. The van der Waals surface area contributed by atoms with Crippen molar-refractivity contribution in [3.8, 4) is 0 Å². The number of para-hydroxylation sites is 1.